The Labute approximate surface area is 57.3 Å². The number of hydrogen-bond acceptors (Lipinski definition) is 2. The van der Waals surface area contributed by atoms with Crippen molar-refractivity contribution in [2.45, 2.75) is 25.2 Å². The molecule has 0 aliphatic carbocycles. The van der Waals surface area contributed by atoms with Crippen molar-refractivity contribution in [2.75, 3.05) is 13.7 Å². The lowest BCUT2D eigenvalue weighted by molar-refractivity contribution is 0.379. The molecule has 1 saturated heterocycles. The van der Waals surface area contributed by atoms with Gasteiger partial charge in [-0.2, -0.15) is 0 Å². The molecule has 0 spiro atoms. The molecule has 1 unspecified atom stereocenters. The standard InChI is InChI=1S/C6H14O2Si/c1-7-9(2,3)5-6-4-8-6/h6H,4-5H2,1-3H3. The Morgan fingerprint density at radius 2 is 2.22 bits per heavy atom. The Balaban J connectivity index is 2.21. The summed E-state index contributed by atoms with van der Waals surface area (Å²) in [4.78, 5) is 0. The molecule has 0 saturated carbocycles. The summed E-state index contributed by atoms with van der Waals surface area (Å²) in [5, 5.41) is 0. The lowest BCUT2D eigenvalue weighted by Crippen LogP contribution is -2.30. The topological polar surface area (TPSA) is 21.8 Å². The highest BCUT2D eigenvalue weighted by atomic mass is 28.4. The molecule has 1 heterocycles. The van der Waals surface area contributed by atoms with Crippen molar-refractivity contribution in [3.63, 3.8) is 0 Å². The monoisotopic (exact) mass is 146 g/mol. The second-order valence-corrected chi connectivity index (χ2v) is 7.46. The van der Waals surface area contributed by atoms with Gasteiger partial charge in [-0.1, -0.05) is 0 Å². The molecule has 0 bridgehead atoms. The third-order valence-corrected chi connectivity index (χ3v) is 4.22. The van der Waals surface area contributed by atoms with E-state index in [0.29, 0.717) is 6.10 Å². The van der Waals surface area contributed by atoms with Crippen LogP contribution in [-0.4, -0.2) is 28.1 Å². The Hall–Kier alpha value is 0.137. The van der Waals surface area contributed by atoms with Crippen LogP contribution in [0.3, 0.4) is 0 Å². The maximum absolute atomic E-state index is 5.35. The van der Waals surface area contributed by atoms with E-state index in [0.717, 1.165) is 12.7 Å². The Morgan fingerprint density at radius 1 is 1.67 bits per heavy atom. The van der Waals surface area contributed by atoms with E-state index in [9.17, 15) is 0 Å². The van der Waals surface area contributed by atoms with Gasteiger partial charge < -0.3 is 9.16 Å². The summed E-state index contributed by atoms with van der Waals surface area (Å²) in [5.41, 5.74) is 0. The molecule has 0 aromatic rings. The Kier molecular flexibility index (Phi) is 1.93. The van der Waals surface area contributed by atoms with Crippen LogP contribution >= 0.6 is 0 Å². The van der Waals surface area contributed by atoms with E-state index in [4.69, 9.17) is 9.16 Å². The van der Waals surface area contributed by atoms with Crippen LogP contribution in [0, 0.1) is 0 Å². The molecule has 1 rings (SSSR count). The molecule has 1 aliphatic rings. The van der Waals surface area contributed by atoms with Gasteiger partial charge in [0, 0.05) is 7.11 Å². The number of epoxide rings is 1. The van der Waals surface area contributed by atoms with Crippen LogP contribution in [0.25, 0.3) is 0 Å². The third-order valence-electron chi connectivity index (χ3n) is 1.67. The highest BCUT2D eigenvalue weighted by Crippen LogP contribution is 2.22. The van der Waals surface area contributed by atoms with Crippen LogP contribution in [0.5, 0.6) is 0 Å². The maximum Gasteiger partial charge on any atom is 0.188 e. The average Bonchev–Trinajstić information content (AvgIpc) is 2.50. The zero-order valence-electron chi connectivity index (χ0n) is 6.31. The summed E-state index contributed by atoms with van der Waals surface area (Å²) < 4.78 is 10.4. The highest BCUT2D eigenvalue weighted by molar-refractivity contribution is 6.71. The van der Waals surface area contributed by atoms with E-state index in [1.165, 1.54) is 0 Å². The van der Waals surface area contributed by atoms with Crippen molar-refractivity contribution in [1.82, 2.24) is 0 Å². The lowest BCUT2D eigenvalue weighted by atomic mass is 10.6. The van der Waals surface area contributed by atoms with Crippen molar-refractivity contribution < 1.29 is 9.16 Å². The summed E-state index contributed by atoms with van der Waals surface area (Å²) in [5.74, 6) is 0. The van der Waals surface area contributed by atoms with Crippen molar-refractivity contribution in [3.8, 4) is 0 Å². The molecule has 0 amide bonds. The van der Waals surface area contributed by atoms with Gasteiger partial charge in [0.1, 0.15) is 0 Å². The molecule has 54 valence electrons. The number of ether oxygens (including phenoxy) is 1. The van der Waals surface area contributed by atoms with Crippen molar-refractivity contribution >= 4 is 8.32 Å². The average molecular weight is 146 g/mol. The van der Waals surface area contributed by atoms with E-state index in [-0.39, 0.29) is 0 Å². The highest BCUT2D eigenvalue weighted by Gasteiger charge is 2.32. The van der Waals surface area contributed by atoms with Crippen LogP contribution in [-0.2, 0) is 9.16 Å². The predicted molar refractivity (Wildman–Crippen MR) is 39.0 cm³/mol. The summed E-state index contributed by atoms with van der Waals surface area (Å²) in [6.07, 6.45) is 0.534. The smallest absolute Gasteiger partial charge is 0.188 e. The van der Waals surface area contributed by atoms with Crippen LogP contribution < -0.4 is 0 Å². The molecule has 2 nitrogen and oxygen atoms in total. The molecule has 0 aromatic carbocycles. The first kappa shape index (κ1) is 7.25. The molecule has 3 heteroatoms. The van der Waals surface area contributed by atoms with Crippen LogP contribution in [0.4, 0.5) is 0 Å². The van der Waals surface area contributed by atoms with Gasteiger partial charge in [0.05, 0.1) is 12.7 Å². The molecule has 0 N–H and O–H groups in total. The molecule has 9 heavy (non-hydrogen) atoms. The molecular formula is C6H14O2Si. The van der Waals surface area contributed by atoms with E-state index in [2.05, 4.69) is 13.1 Å². The first-order valence-electron chi connectivity index (χ1n) is 3.31. The van der Waals surface area contributed by atoms with Gasteiger partial charge in [0.25, 0.3) is 0 Å². The van der Waals surface area contributed by atoms with Crippen molar-refractivity contribution in [3.05, 3.63) is 0 Å². The summed E-state index contributed by atoms with van der Waals surface area (Å²) in [7, 11) is 0.497. The third kappa shape index (κ3) is 2.47. The summed E-state index contributed by atoms with van der Waals surface area (Å²) >= 11 is 0. The molecule has 1 atom stereocenters. The first-order chi connectivity index (χ1) is 4.14. The van der Waals surface area contributed by atoms with Crippen LogP contribution in [0.1, 0.15) is 0 Å². The predicted octanol–water partition coefficient (Wildman–Crippen LogP) is 1.24. The molecule has 0 aromatic heterocycles. The minimum absolute atomic E-state index is 0.534. The Morgan fingerprint density at radius 3 is 2.56 bits per heavy atom. The van der Waals surface area contributed by atoms with Crippen molar-refractivity contribution in [2.24, 2.45) is 0 Å². The van der Waals surface area contributed by atoms with Gasteiger partial charge >= 0.3 is 0 Å². The maximum atomic E-state index is 5.35. The molecular weight excluding hydrogens is 132 g/mol. The van der Waals surface area contributed by atoms with E-state index in [1.54, 1.807) is 7.11 Å². The minimum Gasteiger partial charge on any atom is -0.420 e. The summed E-state index contributed by atoms with van der Waals surface area (Å²) in [6, 6.07) is 1.16. The quantitative estimate of drug-likeness (QED) is 0.441. The SMILES string of the molecule is CO[Si](C)(C)CC1CO1. The van der Waals surface area contributed by atoms with Gasteiger partial charge in [-0.05, 0) is 19.1 Å². The normalized spacial score (nSPS) is 26.3. The van der Waals surface area contributed by atoms with E-state index >= 15 is 0 Å². The minimum atomic E-state index is -1.30. The number of hydrogen-bond donors (Lipinski definition) is 0. The molecule has 1 fully saturated rings. The second-order valence-electron chi connectivity index (χ2n) is 3.12. The van der Waals surface area contributed by atoms with E-state index in [1.807, 2.05) is 0 Å². The zero-order chi connectivity index (χ0) is 6.91. The first-order valence-corrected chi connectivity index (χ1v) is 6.42. The second kappa shape index (κ2) is 2.40. The van der Waals surface area contributed by atoms with Crippen LogP contribution in [0.2, 0.25) is 19.1 Å². The molecule has 0 radical (unpaired) electrons. The van der Waals surface area contributed by atoms with Gasteiger partial charge in [-0.15, -0.1) is 0 Å². The fourth-order valence-corrected chi connectivity index (χ4v) is 2.32. The fraction of sp³-hybridized carbons (Fsp3) is 1.00. The van der Waals surface area contributed by atoms with Crippen molar-refractivity contribution in [1.29, 1.82) is 0 Å². The largest absolute Gasteiger partial charge is 0.420 e. The van der Waals surface area contributed by atoms with Gasteiger partial charge in [-0.25, -0.2) is 0 Å². The fourth-order valence-electron chi connectivity index (χ4n) is 0.818. The molecule has 1 aliphatic heterocycles. The van der Waals surface area contributed by atoms with Crippen LogP contribution in [0.15, 0.2) is 0 Å². The van der Waals surface area contributed by atoms with Gasteiger partial charge in [0.15, 0.2) is 8.32 Å². The zero-order valence-corrected chi connectivity index (χ0v) is 7.31. The van der Waals surface area contributed by atoms with Gasteiger partial charge in [0.2, 0.25) is 0 Å². The van der Waals surface area contributed by atoms with E-state index < -0.39 is 8.32 Å². The lowest BCUT2D eigenvalue weighted by Gasteiger charge is -2.17. The Bertz CT molecular complexity index is 99.2. The van der Waals surface area contributed by atoms with Gasteiger partial charge in [-0.3, -0.25) is 0 Å². The number of rotatable bonds is 3. The summed E-state index contributed by atoms with van der Waals surface area (Å²) in [6.45, 7) is 5.39.